The number of nitrogens with one attached hydrogen (secondary N) is 2. The molecule has 0 atom stereocenters. The van der Waals surface area contributed by atoms with Crippen molar-refractivity contribution in [1.29, 1.82) is 0 Å². The molecule has 3 aromatic rings. The highest BCUT2D eigenvalue weighted by atomic mass is 16.1. The predicted octanol–water partition coefficient (Wildman–Crippen LogP) is 4.63. The average molecular weight is 320 g/mol. The summed E-state index contributed by atoms with van der Waals surface area (Å²) < 4.78 is 0. The minimum Gasteiger partial charge on any atom is -0.380 e. The molecule has 1 heterocycles. The van der Waals surface area contributed by atoms with Crippen LogP contribution in [-0.4, -0.2) is 4.98 Å². The Morgan fingerprint density at radius 3 is 2.54 bits per heavy atom. The molecule has 1 aromatic heterocycles. The monoisotopic (exact) mass is 320 g/mol. The lowest BCUT2D eigenvalue weighted by atomic mass is 10.0. The van der Waals surface area contributed by atoms with Crippen molar-refractivity contribution < 1.29 is 0 Å². The molecule has 0 amide bonds. The molecule has 124 valence electrons. The molecule has 0 radical (unpaired) electrons. The van der Waals surface area contributed by atoms with Gasteiger partial charge in [-0.1, -0.05) is 36.8 Å². The van der Waals surface area contributed by atoms with Crippen molar-refractivity contribution in [3.8, 4) is 0 Å². The summed E-state index contributed by atoms with van der Waals surface area (Å²) in [7, 11) is 0. The molecule has 2 N–H and O–H groups in total. The van der Waals surface area contributed by atoms with E-state index in [1.807, 2.05) is 13.0 Å². The van der Waals surface area contributed by atoms with E-state index in [1.165, 1.54) is 16.7 Å². The van der Waals surface area contributed by atoms with Crippen molar-refractivity contribution in [2.75, 3.05) is 5.32 Å². The summed E-state index contributed by atoms with van der Waals surface area (Å²) >= 11 is 0. The van der Waals surface area contributed by atoms with E-state index in [0.717, 1.165) is 34.1 Å². The number of fused-ring (bicyclic) bond motifs is 1. The van der Waals surface area contributed by atoms with E-state index in [4.69, 9.17) is 0 Å². The number of pyridine rings is 1. The van der Waals surface area contributed by atoms with Crippen molar-refractivity contribution >= 4 is 16.6 Å². The minimum atomic E-state index is -0.0198. The van der Waals surface area contributed by atoms with Gasteiger partial charge < -0.3 is 10.3 Å². The highest BCUT2D eigenvalue weighted by molar-refractivity contribution is 5.83. The Kier molecular flexibility index (Phi) is 4.43. The maximum atomic E-state index is 12.4. The van der Waals surface area contributed by atoms with Gasteiger partial charge in [-0.3, -0.25) is 4.79 Å². The molecule has 24 heavy (non-hydrogen) atoms. The van der Waals surface area contributed by atoms with Crippen molar-refractivity contribution in [2.24, 2.45) is 0 Å². The lowest BCUT2D eigenvalue weighted by Crippen LogP contribution is -2.16. The second-order valence-corrected chi connectivity index (χ2v) is 6.49. The van der Waals surface area contributed by atoms with E-state index < -0.39 is 0 Å². The number of H-pyrrole nitrogens is 1. The third kappa shape index (κ3) is 3.07. The lowest BCUT2D eigenvalue weighted by molar-refractivity contribution is 1.06. The summed E-state index contributed by atoms with van der Waals surface area (Å²) in [6.45, 7) is 8.88. The summed E-state index contributed by atoms with van der Waals surface area (Å²) in [4.78, 5) is 15.5. The van der Waals surface area contributed by atoms with E-state index in [0.29, 0.717) is 6.54 Å². The Balaban J connectivity index is 1.97. The zero-order chi connectivity index (χ0) is 17.3. The predicted molar refractivity (Wildman–Crippen MR) is 102 cm³/mol. The van der Waals surface area contributed by atoms with Gasteiger partial charge >= 0.3 is 0 Å². The molecule has 0 fully saturated rings. The zero-order valence-electron chi connectivity index (χ0n) is 14.8. The van der Waals surface area contributed by atoms with Gasteiger partial charge in [-0.2, -0.15) is 0 Å². The fraction of sp³-hybridized carbons (Fsp3) is 0.286. The maximum absolute atomic E-state index is 12.4. The Morgan fingerprint density at radius 1 is 1.00 bits per heavy atom. The molecule has 0 aliphatic rings. The van der Waals surface area contributed by atoms with E-state index in [-0.39, 0.29) is 5.56 Å². The summed E-state index contributed by atoms with van der Waals surface area (Å²) in [5, 5.41) is 4.55. The number of hydrogen-bond acceptors (Lipinski definition) is 2. The molecular weight excluding hydrogens is 296 g/mol. The van der Waals surface area contributed by atoms with Crippen molar-refractivity contribution in [2.45, 2.75) is 40.7 Å². The molecule has 2 aromatic carbocycles. The SMILES string of the molecule is CCc1cccc(C)c1NCc1cc2cc(C)cc(C)c2[nH]c1=O. The molecule has 0 saturated carbocycles. The molecule has 0 bridgehead atoms. The first-order valence-electron chi connectivity index (χ1n) is 8.45. The fourth-order valence-corrected chi connectivity index (χ4v) is 3.32. The van der Waals surface area contributed by atoms with E-state index in [9.17, 15) is 4.79 Å². The minimum absolute atomic E-state index is 0.0198. The summed E-state index contributed by atoms with van der Waals surface area (Å²) in [5.74, 6) is 0. The first-order chi connectivity index (χ1) is 11.5. The van der Waals surface area contributed by atoms with Crippen LogP contribution < -0.4 is 10.9 Å². The molecule has 0 aliphatic carbocycles. The van der Waals surface area contributed by atoms with Gasteiger partial charge in [0.2, 0.25) is 0 Å². The topological polar surface area (TPSA) is 44.9 Å². The first kappa shape index (κ1) is 16.3. The Labute approximate surface area is 142 Å². The molecule has 3 nitrogen and oxygen atoms in total. The molecule has 0 saturated heterocycles. The van der Waals surface area contributed by atoms with Gasteiger partial charge in [0, 0.05) is 17.8 Å². The maximum Gasteiger partial charge on any atom is 0.253 e. The second kappa shape index (κ2) is 6.52. The average Bonchev–Trinajstić information content (AvgIpc) is 2.54. The van der Waals surface area contributed by atoms with Crippen molar-refractivity contribution in [3.63, 3.8) is 0 Å². The van der Waals surface area contributed by atoms with Crippen LogP contribution >= 0.6 is 0 Å². The van der Waals surface area contributed by atoms with Crippen molar-refractivity contribution in [1.82, 2.24) is 4.98 Å². The summed E-state index contributed by atoms with van der Waals surface area (Å²) in [6, 6.07) is 12.5. The van der Waals surface area contributed by atoms with E-state index in [1.54, 1.807) is 0 Å². The second-order valence-electron chi connectivity index (χ2n) is 6.49. The highest BCUT2D eigenvalue weighted by Crippen LogP contribution is 2.22. The first-order valence-corrected chi connectivity index (χ1v) is 8.45. The van der Waals surface area contributed by atoms with Gasteiger partial charge in [-0.15, -0.1) is 0 Å². The number of rotatable bonds is 4. The van der Waals surface area contributed by atoms with Crippen LogP contribution in [0.5, 0.6) is 0 Å². The molecule has 0 aliphatic heterocycles. The molecule has 0 unspecified atom stereocenters. The van der Waals surface area contributed by atoms with Gasteiger partial charge in [-0.25, -0.2) is 0 Å². The third-order valence-electron chi connectivity index (χ3n) is 4.57. The molecule has 3 rings (SSSR count). The van der Waals surface area contributed by atoms with E-state index in [2.05, 4.69) is 61.4 Å². The lowest BCUT2D eigenvalue weighted by Gasteiger charge is -2.14. The molecular formula is C21H24N2O. The number of para-hydroxylation sites is 1. The van der Waals surface area contributed by atoms with Gasteiger partial charge in [0.25, 0.3) is 5.56 Å². The van der Waals surface area contributed by atoms with Crippen LogP contribution in [0.2, 0.25) is 0 Å². The van der Waals surface area contributed by atoms with Gasteiger partial charge in [-0.05, 0) is 61.4 Å². The smallest absolute Gasteiger partial charge is 0.253 e. The number of aromatic nitrogens is 1. The van der Waals surface area contributed by atoms with Gasteiger partial charge in [0.05, 0.1) is 5.52 Å². The van der Waals surface area contributed by atoms with Crippen LogP contribution in [0.25, 0.3) is 10.9 Å². The van der Waals surface area contributed by atoms with Crippen LogP contribution in [0, 0.1) is 20.8 Å². The summed E-state index contributed by atoms with van der Waals surface area (Å²) in [5.41, 5.74) is 7.61. The number of aromatic amines is 1. The highest BCUT2D eigenvalue weighted by Gasteiger charge is 2.08. The number of aryl methyl sites for hydroxylation is 4. The van der Waals surface area contributed by atoms with Crippen LogP contribution in [-0.2, 0) is 13.0 Å². The third-order valence-corrected chi connectivity index (χ3v) is 4.57. The van der Waals surface area contributed by atoms with Crippen molar-refractivity contribution in [3.05, 3.63) is 74.6 Å². The quantitative estimate of drug-likeness (QED) is 0.736. The number of hydrogen-bond donors (Lipinski definition) is 2. The largest absolute Gasteiger partial charge is 0.380 e. The van der Waals surface area contributed by atoms with Crippen LogP contribution in [0.1, 0.15) is 34.7 Å². The van der Waals surface area contributed by atoms with Crippen LogP contribution in [0.4, 0.5) is 5.69 Å². The normalized spacial score (nSPS) is 11.0. The Hall–Kier alpha value is -2.55. The standard InChI is InChI=1S/C21H24N2O/c1-5-16-8-6-7-14(3)19(16)22-12-18-11-17-10-13(2)9-15(4)20(17)23-21(18)24/h6-11,22H,5,12H2,1-4H3,(H,23,24). The van der Waals surface area contributed by atoms with Gasteiger partial charge in [0.15, 0.2) is 0 Å². The molecule has 0 spiro atoms. The van der Waals surface area contributed by atoms with Crippen LogP contribution in [0.15, 0.2) is 41.2 Å². The van der Waals surface area contributed by atoms with Crippen LogP contribution in [0.3, 0.4) is 0 Å². The number of benzene rings is 2. The van der Waals surface area contributed by atoms with E-state index >= 15 is 0 Å². The summed E-state index contributed by atoms with van der Waals surface area (Å²) in [6.07, 6.45) is 0.969. The Morgan fingerprint density at radius 2 is 1.79 bits per heavy atom. The zero-order valence-corrected chi connectivity index (χ0v) is 14.8. The Bertz CT molecular complexity index is 954. The van der Waals surface area contributed by atoms with Gasteiger partial charge in [0.1, 0.15) is 0 Å². The fourth-order valence-electron chi connectivity index (χ4n) is 3.32. The number of anilines is 1. The molecule has 3 heteroatoms.